The molecule has 1 aromatic rings. The predicted octanol–water partition coefficient (Wildman–Crippen LogP) is 1.27. The van der Waals surface area contributed by atoms with E-state index in [2.05, 4.69) is 10.3 Å². The van der Waals surface area contributed by atoms with Crippen molar-refractivity contribution in [3.8, 4) is 0 Å². The van der Waals surface area contributed by atoms with Crippen molar-refractivity contribution in [1.82, 2.24) is 10.3 Å². The molecular weight excluding hydrogens is 225 g/mol. The number of aromatic nitrogens is 1. The highest BCUT2D eigenvalue weighted by Gasteiger charge is 2.32. The fourth-order valence-electron chi connectivity index (χ4n) is 1.15. The number of hydrogen-bond acceptors (Lipinski definition) is 3. The Hall–Kier alpha value is -1.63. The van der Waals surface area contributed by atoms with E-state index in [4.69, 9.17) is 5.11 Å². The van der Waals surface area contributed by atoms with Crippen molar-refractivity contribution >= 4 is 5.97 Å². The van der Waals surface area contributed by atoms with E-state index in [1.54, 1.807) is 0 Å². The first-order valence-corrected chi connectivity index (χ1v) is 4.34. The molecule has 7 heteroatoms. The van der Waals surface area contributed by atoms with Gasteiger partial charge in [0, 0.05) is 18.9 Å². The van der Waals surface area contributed by atoms with Crippen LogP contribution in [-0.4, -0.2) is 22.6 Å². The number of halogens is 3. The Kier molecular flexibility index (Phi) is 3.83. The summed E-state index contributed by atoms with van der Waals surface area (Å²) in [5.74, 6) is -1.13. The topological polar surface area (TPSA) is 62.2 Å². The van der Waals surface area contributed by atoms with Crippen LogP contribution in [0.1, 0.15) is 11.1 Å². The largest absolute Gasteiger partial charge is 0.480 e. The van der Waals surface area contributed by atoms with Crippen LogP contribution in [0.4, 0.5) is 13.2 Å². The summed E-state index contributed by atoms with van der Waals surface area (Å²) in [5, 5.41) is 10.7. The molecule has 4 nitrogen and oxygen atoms in total. The lowest BCUT2D eigenvalue weighted by atomic mass is 10.1. The van der Waals surface area contributed by atoms with Crippen molar-refractivity contribution < 1.29 is 23.1 Å². The van der Waals surface area contributed by atoms with Crippen LogP contribution in [0.2, 0.25) is 0 Å². The summed E-state index contributed by atoms with van der Waals surface area (Å²) in [6, 6.07) is 0.859. The summed E-state index contributed by atoms with van der Waals surface area (Å²) in [5.41, 5.74) is -0.878. The molecule has 0 unspecified atom stereocenters. The number of carboxylic acid groups (broad SMARTS) is 1. The number of nitrogens with zero attached hydrogens (tertiary/aromatic N) is 1. The molecule has 16 heavy (non-hydrogen) atoms. The third kappa shape index (κ3) is 3.50. The van der Waals surface area contributed by atoms with Crippen molar-refractivity contribution in [2.45, 2.75) is 12.7 Å². The minimum atomic E-state index is -4.46. The van der Waals surface area contributed by atoms with Gasteiger partial charge in [0.05, 0.1) is 12.1 Å². The fraction of sp³-hybridized carbons (Fsp3) is 0.333. The molecule has 0 spiro atoms. The molecule has 1 aromatic heterocycles. The van der Waals surface area contributed by atoms with Crippen molar-refractivity contribution in [2.75, 3.05) is 6.54 Å². The van der Waals surface area contributed by atoms with Crippen LogP contribution in [-0.2, 0) is 17.5 Å². The highest BCUT2D eigenvalue weighted by molar-refractivity contribution is 5.69. The van der Waals surface area contributed by atoms with Gasteiger partial charge in [-0.3, -0.25) is 9.78 Å². The molecule has 0 aliphatic carbocycles. The predicted molar refractivity (Wildman–Crippen MR) is 48.6 cm³/mol. The maximum absolute atomic E-state index is 12.5. The molecule has 2 N–H and O–H groups in total. The third-order valence-corrected chi connectivity index (χ3v) is 1.80. The Bertz CT molecular complexity index is 379. The van der Waals surface area contributed by atoms with Crippen LogP contribution in [0.5, 0.6) is 0 Å². The first-order chi connectivity index (χ1) is 7.41. The van der Waals surface area contributed by atoms with Gasteiger partial charge in [-0.15, -0.1) is 0 Å². The molecular formula is C9H9F3N2O2. The molecule has 0 aliphatic heterocycles. The highest BCUT2D eigenvalue weighted by Crippen LogP contribution is 2.31. The number of alkyl halides is 3. The standard InChI is InChI=1S/C9H9F3N2O2/c10-9(11,12)7-1-2-13-3-6(7)4-14-5-8(15)16/h1-3,14H,4-5H2,(H,15,16). The molecule has 0 atom stereocenters. The van der Waals surface area contributed by atoms with Crippen molar-refractivity contribution in [1.29, 1.82) is 0 Å². The fourth-order valence-corrected chi connectivity index (χ4v) is 1.15. The molecule has 0 fully saturated rings. The molecule has 0 saturated heterocycles. The van der Waals surface area contributed by atoms with Gasteiger partial charge >= 0.3 is 12.1 Å². The van der Waals surface area contributed by atoms with E-state index in [1.807, 2.05) is 0 Å². The Balaban J connectivity index is 2.76. The molecule has 0 aromatic carbocycles. The summed E-state index contributed by atoms with van der Waals surface area (Å²) in [4.78, 5) is 13.7. The summed E-state index contributed by atoms with van der Waals surface area (Å²) in [7, 11) is 0. The molecule has 0 aliphatic rings. The Labute approximate surface area is 89.1 Å². The van der Waals surface area contributed by atoms with Crippen molar-refractivity contribution in [2.24, 2.45) is 0 Å². The molecule has 0 bridgehead atoms. The van der Waals surface area contributed by atoms with Gasteiger partial charge in [-0.05, 0) is 11.6 Å². The molecule has 1 rings (SSSR count). The number of hydrogen-bond donors (Lipinski definition) is 2. The lowest BCUT2D eigenvalue weighted by Crippen LogP contribution is -2.23. The van der Waals surface area contributed by atoms with E-state index >= 15 is 0 Å². The van der Waals surface area contributed by atoms with E-state index in [1.165, 1.54) is 0 Å². The summed E-state index contributed by atoms with van der Waals surface area (Å²) in [6.07, 6.45) is -2.34. The Morgan fingerprint density at radius 2 is 2.19 bits per heavy atom. The lowest BCUT2D eigenvalue weighted by molar-refractivity contribution is -0.138. The van der Waals surface area contributed by atoms with Crippen LogP contribution in [0.3, 0.4) is 0 Å². The number of carboxylic acids is 1. The van der Waals surface area contributed by atoms with Crippen LogP contribution in [0.25, 0.3) is 0 Å². The van der Waals surface area contributed by atoms with E-state index < -0.39 is 24.3 Å². The number of nitrogens with one attached hydrogen (secondary N) is 1. The zero-order valence-electron chi connectivity index (χ0n) is 8.08. The van der Waals surface area contributed by atoms with E-state index in [-0.39, 0.29) is 12.1 Å². The van der Waals surface area contributed by atoms with Crippen LogP contribution >= 0.6 is 0 Å². The van der Waals surface area contributed by atoms with E-state index in [9.17, 15) is 18.0 Å². The average Bonchev–Trinajstić information content (AvgIpc) is 2.16. The SMILES string of the molecule is O=C(O)CNCc1cnccc1C(F)(F)F. The second-order valence-electron chi connectivity index (χ2n) is 3.03. The van der Waals surface area contributed by atoms with E-state index in [0.717, 1.165) is 18.5 Å². The molecule has 1 heterocycles. The minimum absolute atomic E-state index is 0.0729. The first kappa shape index (κ1) is 12.4. The Morgan fingerprint density at radius 3 is 2.75 bits per heavy atom. The summed E-state index contributed by atoms with van der Waals surface area (Å²) in [6.45, 7) is -0.582. The van der Waals surface area contributed by atoms with Crippen LogP contribution in [0, 0.1) is 0 Å². The van der Waals surface area contributed by atoms with Gasteiger partial charge in [-0.1, -0.05) is 0 Å². The van der Waals surface area contributed by atoms with Gasteiger partial charge in [0.2, 0.25) is 0 Å². The van der Waals surface area contributed by atoms with Crippen LogP contribution < -0.4 is 5.32 Å². The number of rotatable bonds is 4. The maximum Gasteiger partial charge on any atom is 0.416 e. The smallest absolute Gasteiger partial charge is 0.416 e. The van der Waals surface area contributed by atoms with Gasteiger partial charge in [0.25, 0.3) is 0 Å². The zero-order chi connectivity index (χ0) is 12.2. The van der Waals surface area contributed by atoms with Gasteiger partial charge in [-0.2, -0.15) is 13.2 Å². The zero-order valence-corrected chi connectivity index (χ0v) is 8.08. The minimum Gasteiger partial charge on any atom is -0.480 e. The molecule has 88 valence electrons. The lowest BCUT2D eigenvalue weighted by Gasteiger charge is -2.11. The van der Waals surface area contributed by atoms with Crippen molar-refractivity contribution in [3.05, 3.63) is 29.6 Å². The van der Waals surface area contributed by atoms with E-state index in [0.29, 0.717) is 0 Å². The normalized spacial score (nSPS) is 11.4. The molecule has 0 saturated carbocycles. The van der Waals surface area contributed by atoms with Crippen LogP contribution in [0.15, 0.2) is 18.5 Å². The van der Waals surface area contributed by atoms with Gasteiger partial charge in [-0.25, -0.2) is 0 Å². The monoisotopic (exact) mass is 234 g/mol. The maximum atomic E-state index is 12.5. The quantitative estimate of drug-likeness (QED) is 0.823. The molecule has 0 amide bonds. The second-order valence-corrected chi connectivity index (χ2v) is 3.03. The number of pyridine rings is 1. The second kappa shape index (κ2) is 4.93. The average molecular weight is 234 g/mol. The van der Waals surface area contributed by atoms with Gasteiger partial charge in [0.1, 0.15) is 0 Å². The highest BCUT2D eigenvalue weighted by atomic mass is 19.4. The third-order valence-electron chi connectivity index (χ3n) is 1.80. The van der Waals surface area contributed by atoms with Crippen molar-refractivity contribution in [3.63, 3.8) is 0 Å². The van der Waals surface area contributed by atoms with Gasteiger partial charge < -0.3 is 10.4 Å². The Morgan fingerprint density at radius 1 is 1.50 bits per heavy atom. The first-order valence-electron chi connectivity index (χ1n) is 4.34. The number of carbonyl (C=O) groups is 1. The summed E-state index contributed by atoms with van der Waals surface area (Å²) < 4.78 is 37.4. The van der Waals surface area contributed by atoms with Gasteiger partial charge in [0.15, 0.2) is 0 Å². The number of aliphatic carboxylic acids is 1. The molecule has 0 radical (unpaired) electrons. The summed E-state index contributed by atoms with van der Waals surface area (Å²) >= 11 is 0.